The van der Waals surface area contributed by atoms with Crippen LogP contribution in [-0.4, -0.2) is 9.55 Å². The van der Waals surface area contributed by atoms with Gasteiger partial charge in [0.15, 0.2) is 0 Å². The molecule has 2 atom stereocenters. The van der Waals surface area contributed by atoms with E-state index in [1.165, 1.54) is 218 Å². The van der Waals surface area contributed by atoms with Crippen LogP contribution in [0.15, 0.2) is 12.4 Å². The first kappa shape index (κ1) is 41.2. The van der Waals surface area contributed by atoms with Crippen LogP contribution in [0.2, 0.25) is 0 Å². The van der Waals surface area contributed by atoms with Gasteiger partial charge in [0, 0.05) is 24.4 Å². The van der Waals surface area contributed by atoms with Gasteiger partial charge >= 0.3 is 0 Å². The monoisotopic (exact) mass is 615 g/mol. The van der Waals surface area contributed by atoms with Gasteiger partial charge in [-0.1, -0.05) is 213 Å². The zero-order valence-electron chi connectivity index (χ0n) is 31.0. The third-order valence-corrected chi connectivity index (χ3v) is 10.3. The van der Waals surface area contributed by atoms with Gasteiger partial charge in [-0.05, 0) is 26.2 Å². The Morgan fingerprint density at radius 2 is 0.727 bits per heavy atom. The van der Waals surface area contributed by atoms with Crippen LogP contribution in [0.4, 0.5) is 0 Å². The van der Waals surface area contributed by atoms with Gasteiger partial charge < -0.3 is 4.57 Å². The van der Waals surface area contributed by atoms with Crippen LogP contribution >= 0.6 is 0 Å². The van der Waals surface area contributed by atoms with Crippen molar-refractivity contribution in [3.63, 3.8) is 0 Å². The third kappa shape index (κ3) is 23.5. The van der Waals surface area contributed by atoms with E-state index in [0.717, 1.165) is 0 Å². The molecule has 0 N–H and O–H groups in total. The van der Waals surface area contributed by atoms with Crippen LogP contribution in [0.25, 0.3) is 0 Å². The van der Waals surface area contributed by atoms with Crippen molar-refractivity contribution in [2.24, 2.45) is 0 Å². The molecule has 1 aromatic rings. The molecule has 0 aromatic carbocycles. The van der Waals surface area contributed by atoms with Gasteiger partial charge in [0.2, 0.25) is 0 Å². The van der Waals surface area contributed by atoms with Crippen molar-refractivity contribution in [2.75, 3.05) is 0 Å². The summed E-state index contributed by atoms with van der Waals surface area (Å²) in [6, 6.07) is 0.588. The first-order chi connectivity index (χ1) is 21.7. The molecule has 260 valence electrons. The molecule has 1 aromatic heterocycles. The second-order valence-corrected chi connectivity index (χ2v) is 14.7. The Bertz CT molecular complexity index is 679. The average Bonchev–Trinajstić information content (AvgIpc) is 3.52. The highest BCUT2D eigenvalue weighted by molar-refractivity contribution is 5.02. The minimum Gasteiger partial charge on any atom is -0.332 e. The molecular weight excluding hydrogens is 532 g/mol. The van der Waals surface area contributed by atoms with Gasteiger partial charge in [0.1, 0.15) is 5.82 Å². The minimum atomic E-state index is 0.588. The summed E-state index contributed by atoms with van der Waals surface area (Å²) in [5.74, 6) is 2.06. The molecule has 0 spiro atoms. The maximum absolute atomic E-state index is 4.98. The quantitative estimate of drug-likeness (QED) is 0.0695. The van der Waals surface area contributed by atoms with Crippen LogP contribution in [0.5, 0.6) is 0 Å². The molecule has 0 saturated carbocycles. The van der Waals surface area contributed by atoms with Gasteiger partial charge in [-0.25, -0.2) is 4.98 Å². The summed E-state index contributed by atoms with van der Waals surface area (Å²) >= 11 is 0. The molecule has 2 heteroatoms. The summed E-state index contributed by atoms with van der Waals surface area (Å²) < 4.78 is 2.57. The van der Waals surface area contributed by atoms with E-state index in [0.29, 0.717) is 12.0 Å². The zero-order valence-corrected chi connectivity index (χ0v) is 31.0. The van der Waals surface area contributed by atoms with Crippen molar-refractivity contribution in [2.45, 2.75) is 252 Å². The van der Waals surface area contributed by atoms with Crippen molar-refractivity contribution in [3.8, 4) is 0 Å². The molecule has 1 heterocycles. The molecule has 0 aliphatic heterocycles. The van der Waals surface area contributed by atoms with Crippen molar-refractivity contribution < 1.29 is 0 Å². The fourth-order valence-electron chi connectivity index (χ4n) is 7.24. The molecule has 0 fully saturated rings. The van der Waals surface area contributed by atoms with Crippen molar-refractivity contribution in [3.05, 3.63) is 18.2 Å². The highest BCUT2D eigenvalue weighted by Crippen LogP contribution is 2.30. The van der Waals surface area contributed by atoms with Crippen LogP contribution < -0.4 is 0 Å². The van der Waals surface area contributed by atoms with E-state index in [2.05, 4.69) is 44.7 Å². The van der Waals surface area contributed by atoms with E-state index in [4.69, 9.17) is 4.98 Å². The number of imidazole rings is 1. The molecule has 0 aliphatic rings. The Labute approximate surface area is 278 Å². The normalized spacial score (nSPS) is 13.1. The molecule has 0 aliphatic carbocycles. The Kier molecular flexibility index (Phi) is 30.1. The summed E-state index contributed by atoms with van der Waals surface area (Å²) in [4.78, 5) is 4.98. The summed E-state index contributed by atoms with van der Waals surface area (Å²) in [6.45, 7) is 9.40. The highest BCUT2D eigenvalue weighted by Gasteiger charge is 2.19. The minimum absolute atomic E-state index is 0.588. The van der Waals surface area contributed by atoms with Gasteiger partial charge in [-0.15, -0.1) is 0 Å². The largest absolute Gasteiger partial charge is 0.332 e. The summed E-state index contributed by atoms with van der Waals surface area (Å²) in [5.41, 5.74) is 0. The van der Waals surface area contributed by atoms with E-state index < -0.39 is 0 Å². The van der Waals surface area contributed by atoms with Gasteiger partial charge in [0.05, 0.1) is 0 Å². The lowest BCUT2D eigenvalue weighted by Gasteiger charge is -2.22. The van der Waals surface area contributed by atoms with Crippen LogP contribution in [0.3, 0.4) is 0 Å². The second-order valence-electron chi connectivity index (χ2n) is 14.7. The molecule has 2 nitrogen and oxygen atoms in total. The second kappa shape index (κ2) is 32.2. The average molecular weight is 615 g/mol. The molecule has 0 bridgehead atoms. The summed E-state index contributed by atoms with van der Waals surface area (Å²) in [5, 5.41) is 0. The Morgan fingerprint density at radius 3 is 1.11 bits per heavy atom. The molecule has 1 rings (SSSR count). The van der Waals surface area contributed by atoms with Crippen molar-refractivity contribution in [1.82, 2.24) is 9.55 Å². The van der Waals surface area contributed by atoms with Gasteiger partial charge in [-0.3, -0.25) is 0 Å². The van der Waals surface area contributed by atoms with Crippen LogP contribution in [0.1, 0.15) is 257 Å². The van der Waals surface area contributed by atoms with Gasteiger partial charge in [0.25, 0.3) is 0 Å². The Balaban J connectivity index is 2.21. The number of rotatable bonds is 35. The fraction of sp³-hybridized carbons (Fsp3) is 0.929. The first-order valence-electron chi connectivity index (χ1n) is 20.8. The number of hydrogen-bond acceptors (Lipinski definition) is 1. The van der Waals surface area contributed by atoms with Crippen molar-refractivity contribution >= 4 is 0 Å². The van der Waals surface area contributed by atoms with Crippen LogP contribution in [0, 0.1) is 0 Å². The maximum atomic E-state index is 4.98. The zero-order chi connectivity index (χ0) is 31.8. The smallest absolute Gasteiger partial charge is 0.111 e. The molecular formula is C42H82N2. The van der Waals surface area contributed by atoms with E-state index in [9.17, 15) is 0 Å². The lowest BCUT2D eigenvalue weighted by atomic mass is 9.93. The topological polar surface area (TPSA) is 17.8 Å². The Hall–Kier alpha value is -0.790. The van der Waals surface area contributed by atoms with E-state index in [1.54, 1.807) is 0 Å². The SMILES string of the molecule is CCCCCCCCCCCCCCCCC(CCCCC)c1nccn1C(C)CCCCCCCCCCCCCCC. The number of nitrogens with zero attached hydrogens (tertiary/aromatic N) is 2. The highest BCUT2D eigenvalue weighted by atomic mass is 15.1. The summed E-state index contributed by atoms with van der Waals surface area (Å²) in [6.07, 6.45) is 51.2. The van der Waals surface area contributed by atoms with E-state index in [1.807, 2.05) is 0 Å². The van der Waals surface area contributed by atoms with Crippen LogP contribution in [-0.2, 0) is 0 Å². The molecule has 2 unspecified atom stereocenters. The number of hydrogen-bond donors (Lipinski definition) is 0. The number of aromatic nitrogens is 2. The lowest BCUT2D eigenvalue weighted by molar-refractivity contribution is 0.414. The Morgan fingerprint density at radius 1 is 0.432 bits per heavy atom. The first-order valence-corrected chi connectivity index (χ1v) is 20.8. The molecule has 44 heavy (non-hydrogen) atoms. The molecule has 0 radical (unpaired) electrons. The molecule has 0 amide bonds. The maximum Gasteiger partial charge on any atom is 0.111 e. The standard InChI is InChI=1S/C42H82N2/c1-5-8-11-13-15-17-19-21-23-25-27-29-31-34-37-41(36-32-10-7-3)42-43-38-39-44(42)40(4)35-33-30-28-26-24-22-20-18-16-14-12-9-6-2/h38-41H,5-37H2,1-4H3. The van der Waals surface area contributed by atoms with E-state index >= 15 is 0 Å². The lowest BCUT2D eigenvalue weighted by Crippen LogP contribution is -2.13. The van der Waals surface area contributed by atoms with E-state index in [-0.39, 0.29) is 0 Å². The third-order valence-electron chi connectivity index (χ3n) is 10.3. The molecule has 0 saturated heterocycles. The van der Waals surface area contributed by atoms with Crippen molar-refractivity contribution in [1.29, 1.82) is 0 Å². The predicted molar refractivity (Wildman–Crippen MR) is 199 cm³/mol. The summed E-state index contributed by atoms with van der Waals surface area (Å²) in [7, 11) is 0. The van der Waals surface area contributed by atoms with Gasteiger partial charge in [-0.2, -0.15) is 0 Å². The fourth-order valence-corrected chi connectivity index (χ4v) is 7.24. The predicted octanol–water partition coefficient (Wildman–Crippen LogP) is 15.5. The number of unbranched alkanes of at least 4 members (excludes halogenated alkanes) is 27.